The van der Waals surface area contributed by atoms with E-state index in [1.54, 1.807) is 0 Å². The van der Waals surface area contributed by atoms with Crippen molar-refractivity contribution in [3.05, 3.63) is 47.5 Å². The van der Waals surface area contributed by atoms with Crippen molar-refractivity contribution < 1.29 is 14.3 Å². The average molecular weight is 544 g/mol. The fourth-order valence-corrected chi connectivity index (χ4v) is 7.63. The molecule has 1 saturated heterocycles. The maximum atomic E-state index is 11.2. The van der Waals surface area contributed by atoms with E-state index in [2.05, 4.69) is 51.6 Å². The van der Waals surface area contributed by atoms with Gasteiger partial charge in [-0.15, -0.1) is 0 Å². The number of fused-ring (bicyclic) bond motifs is 5. The van der Waals surface area contributed by atoms with E-state index in [-0.39, 0.29) is 0 Å². The minimum absolute atomic E-state index is 0.537. The molecule has 1 saturated carbocycles. The molecule has 0 amide bonds. The standard InChI is InChI=1S/C34H45N3O3/c1-25-10-12-30-31(21-25)36(17-16-35-15-6-7-26(23-35)14-20-39-2)18-19-37-32-22-28(40-24-38)11-13-29(32)33(34(30)37)27-8-4-3-5-9-27/h10-13,21-22,24,26-27H,3-9,14-20,23H2,1-2H3/t26-/m0/s1. The first-order chi connectivity index (χ1) is 19.7. The Bertz CT molecular complexity index is 1330. The van der Waals surface area contributed by atoms with Gasteiger partial charge in [0.2, 0.25) is 0 Å². The van der Waals surface area contributed by atoms with Crippen molar-refractivity contribution in [2.24, 2.45) is 5.92 Å². The SMILES string of the molecule is COCC[C@@H]1CCCN(CCN2CCn3c(c(C4CCCCC4)c4ccc(OC=O)cc43)-c3ccc(C)cc32)C1. The summed E-state index contributed by atoms with van der Waals surface area (Å²) < 4.78 is 13.2. The zero-order valence-corrected chi connectivity index (χ0v) is 24.4. The van der Waals surface area contributed by atoms with Gasteiger partial charge >= 0.3 is 0 Å². The predicted molar refractivity (Wildman–Crippen MR) is 162 cm³/mol. The van der Waals surface area contributed by atoms with Crippen molar-refractivity contribution >= 4 is 23.1 Å². The molecule has 6 rings (SSSR count). The second kappa shape index (κ2) is 12.4. The number of benzene rings is 2. The van der Waals surface area contributed by atoms with Crippen LogP contribution >= 0.6 is 0 Å². The number of piperidine rings is 1. The molecule has 1 aromatic heterocycles. The fourth-order valence-electron chi connectivity index (χ4n) is 7.63. The number of hydrogen-bond donors (Lipinski definition) is 0. The predicted octanol–water partition coefficient (Wildman–Crippen LogP) is 6.77. The van der Waals surface area contributed by atoms with Crippen molar-refractivity contribution in [2.45, 2.75) is 70.8 Å². The van der Waals surface area contributed by atoms with Gasteiger partial charge in [0.25, 0.3) is 6.47 Å². The first-order valence-corrected chi connectivity index (χ1v) is 15.5. The molecule has 1 atom stereocenters. The van der Waals surface area contributed by atoms with Crippen molar-refractivity contribution in [3.63, 3.8) is 0 Å². The molecular formula is C34H45N3O3. The number of aryl methyl sites for hydroxylation is 1. The highest BCUT2D eigenvalue weighted by Crippen LogP contribution is 2.48. The Morgan fingerprint density at radius 2 is 1.82 bits per heavy atom. The Balaban J connectivity index is 1.36. The smallest absolute Gasteiger partial charge is 0.298 e. The van der Waals surface area contributed by atoms with Crippen LogP contribution in [0.3, 0.4) is 0 Å². The third kappa shape index (κ3) is 5.53. The van der Waals surface area contributed by atoms with Gasteiger partial charge < -0.3 is 23.8 Å². The number of carbonyl (C=O) groups is 1. The van der Waals surface area contributed by atoms with E-state index >= 15 is 0 Å². The van der Waals surface area contributed by atoms with Crippen LogP contribution < -0.4 is 9.64 Å². The maximum absolute atomic E-state index is 11.2. The van der Waals surface area contributed by atoms with Gasteiger partial charge in [-0.05, 0) is 86.7 Å². The van der Waals surface area contributed by atoms with Crippen LogP contribution in [0.1, 0.15) is 68.4 Å². The van der Waals surface area contributed by atoms with Crippen LogP contribution in [-0.2, 0) is 16.1 Å². The summed E-state index contributed by atoms with van der Waals surface area (Å²) in [5.41, 5.74) is 8.13. The molecule has 3 aliphatic rings. The Kier molecular flexibility index (Phi) is 8.45. The highest BCUT2D eigenvalue weighted by molar-refractivity contribution is 5.96. The third-order valence-corrected chi connectivity index (χ3v) is 9.63. The van der Waals surface area contributed by atoms with Crippen LogP contribution in [0.2, 0.25) is 0 Å². The fraction of sp³-hybridized carbons (Fsp3) is 0.559. The van der Waals surface area contributed by atoms with E-state index in [1.165, 1.54) is 103 Å². The van der Waals surface area contributed by atoms with Crippen molar-refractivity contribution in [1.82, 2.24) is 9.47 Å². The topological polar surface area (TPSA) is 46.9 Å². The molecule has 6 heteroatoms. The van der Waals surface area contributed by atoms with Gasteiger partial charge in [-0.25, -0.2) is 0 Å². The molecule has 214 valence electrons. The Labute approximate surface area is 239 Å². The lowest BCUT2D eigenvalue weighted by Crippen LogP contribution is -2.41. The second-order valence-electron chi connectivity index (χ2n) is 12.2. The van der Waals surface area contributed by atoms with E-state index in [0.717, 1.165) is 38.7 Å². The normalized spacial score (nSPS) is 20.2. The van der Waals surface area contributed by atoms with Gasteiger partial charge in [0.1, 0.15) is 5.75 Å². The number of aromatic nitrogens is 1. The lowest BCUT2D eigenvalue weighted by atomic mass is 9.81. The summed E-state index contributed by atoms with van der Waals surface area (Å²) in [6.07, 6.45) is 10.2. The van der Waals surface area contributed by atoms with Crippen molar-refractivity contribution in [1.29, 1.82) is 0 Å². The highest BCUT2D eigenvalue weighted by Gasteiger charge is 2.31. The number of methoxy groups -OCH3 is 1. The number of likely N-dealkylation sites (tertiary alicyclic amines) is 1. The molecule has 1 aliphatic carbocycles. The highest BCUT2D eigenvalue weighted by atomic mass is 16.5. The first-order valence-electron chi connectivity index (χ1n) is 15.5. The van der Waals surface area contributed by atoms with Gasteiger partial charge in [0.05, 0.1) is 11.2 Å². The molecule has 3 heterocycles. The summed E-state index contributed by atoms with van der Waals surface area (Å²) in [7, 11) is 1.81. The molecule has 0 spiro atoms. The van der Waals surface area contributed by atoms with E-state index in [9.17, 15) is 4.79 Å². The molecule has 40 heavy (non-hydrogen) atoms. The molecule has 6 nitrogen and oxygen atoms in total. The zero-order valence-electron chi connectivity index (χ0n) is 24.4. The summed E-state index contributed by atoms with van der Waals surface area (Å²) in [5, 5.41) is 1.33. The summed E-state index contributed by atoms with van der Waals surface area (Å²) in [6, 6.07) is 13.3. The average Bonchev–Trinajstić information content (AvgIpc) is 3.21. The number of hydrogen-bond acceptors (Lipinski definition) is 5. The summed E-state index contributed by atoms with van der Waals surface area (Å²) in [6.45, 7) is 10.0. The molecule has 0 bridgehead atoms. The number of rotatable bonds is 9. The number of nitrogens with zero attached hydrogens (tertiary/aromatic N) is 3. The number of anilines is 1. The van der Waals surface area contributed by atoms with Crippen LogP contribution in [0.15, 0.2) is 36.4 Å². The van der Waals surface area contributed by atoms with Crippen LogP contribution in [0.5, 0.6) is 5.75 Å². The second-order valence-corrected chi connectivity index (χ2v) is 12.2. The lowest BCUT2D eigenvalue weighted by molar-refractivity contribution is -0.120. The van der Waals surface area contributed by atoms with Gasteiger partial charge in [0.15, 0.2) is 0 Å². The van der Waals surface area contributed by atoms with Gasteiger partial charge in [0, 0.05) is 69.1 Å². The van der Waals surface area contributed by atoms with Crippen molar-refractivity contribution in [3.8, 4) is 17.0 Å². The zero-order chi connectivity index (χ0) is 27.5. The van der Waals surface area contributed by atoms with E-state index in [4.69, 9.17) is 9.47 Å². The van der Waals surface area contributed by atoms with Crippen LogP contribution in [0, 0.1) is 12.8 Å². The largest absolute Gasteiger partial charge is 0.429 e. The Hall–Kier alpha value is -2.83. The summed E-state index contributed by atoms with van der Waals surface area (Å²) in [4.78, 5) is 16.5. The summed E-state index contributed by atoms with van der Waals surface area (Å²) in [5.74, 6) is 1.94. The molecular weight excluding hydrogens is 498 g/mol. The Morgan fingerprint density at radius 1 is 0.950 bits per heavy atom. The minimum Gasteiger partial charge on any atom is -0.429 e. The molecule has 2 fully saturated rings. The lowest BCUT2D eigenvalue weighted by Gasteiger charge is -2.35. The van der Waals surface area contributed by atoms with E-state index in [0.29, 0.717) is 18.1 Å². The van der Waals surface area contributed by atoms with E-state index < -0.39 is 0 Å². The first kappa shape index (κ1) is 27.3. The number of ether oxygens (including phenoxy) is 2. The quantitative estimate of drug-likeness (QED) is 0.279. The van der Waals surface area contributed by atoms with Gasteiger partial charge in [-0.2, -0.15) is 0 Å². The van der Waals surface area contributed by atoms with Gasteiger partial charge in [-0.3, -0.25) is 4.79 Å². The number of carbonyl (C=O) groups excluding carboxylic acids is 1. The van der Waals surface area contributed by atoms with Crippen LogP contribution in [0.25, 0.3) is 22.2 Å². The molecule has 0 radical (unpaired) electrons. The Morgan fingerprint density at radius 3 is 2.65 bits per heavy atom. The maximum Gasteiger partial charge on any atom is 0.298 e. The molecule has 3 aromatic rings. The van der Waals surface area contributed by atoms with E-state index in [1.807, 2.05) is 13.2 Å². The molecule has 0 N–H and O–H groups in total. The van der Waals surface area contributed by atoms with Gasteiger partial charge in [-0.1, -0.05) is 31.4 Å². The molecule has 2 aliphatic heterocycles. The molecule has 2 aromatic carbocycles. The minimum atomic E-state index is 0.537. The van der Waals surface area contributed by atoms with Crippen LogP contribution in [-0.4, -0.2) is 62.4 Å². The van der Waals surface area contributed by atoms with Crippen molar-refractivity contribution in [2.75, 3.05) is 51.3 Å². The summed E-state index contributed by atoms with van der Waals surface area (Å²) >= 11 is 0. The van der Waals surface area contributed by atoms with Crippen LogP contribution in [0.4, 0.5) is 5.69 Å². The monoisotopic (exact) mass is 543 g/mol. The third-order valence-electron chi connectivity index (χ3n) is 9.63. The molecule has 0 unspecified atom stereocenters.